The van der Waals surface area contributed by atoms with E-state index in [4.69, 9.17) is 0 Å². The van der Waals surface area contributed by atoms with Crippen LogP contribution in [0.25, 0.3) is 5.70 Å². The lowest BCUT2D eigenvalue weighted by Gasteiger charge is -2.10. The molecule has 0 heterocycles. The van der Waals surface area contributed by atoms with Crippen LogP contribution in [0.3, 0.4) is 0 Å². The molecule has 1 rings (SSSR count). The molecule has 3 heteroatoms. The standard InChI is InChI=1S/C13H15F2N/c1-4-13(15)10(3)16-9(2)11-5-7-12(14)8-6-11/h5-8,16H,2,4H2,1,3H3/b13-10-. The summed E-state index contributed by atoms with van der Waals surface area (Å²) in [4.78, 5) is 0. The van der Waals surface area contributed by atoms with Gasteiger partial charge in [-0.25, -0.2) is 8.78 Å². The van der Waals surface area contributed by atoms with E-state index in [1.807, 2.05) is 0 Å². The Morgan fingerprint density at radius 3 is 2.38 bits per heavy atom. The molecule has 0 bridgehead atoms. The van der Waals surface area contributed by atoms with Crippen LogP contribution in [-0.2, 0) is 0 Å². The molecule has 0 atom stereocenters. The average Bonchev–Trinajstić information content (AvgIpc) is 2.28. The van der Waals surface area contributed by atoms with Gasteiger partial charge in [0.05, 0.1) is 0 Å². The maximum Gasteiger partial charge on any atom is 0.123 e. The molecule has 0 aliphatic rings. The van der Waals surface area contributed by atoms with Crippen molar-refractivity contribution in [1.82, 2.24) is 5.32 Å². The van der Waals surface area contributed by atoms with E-state index in [1.165, 1.54) is 12.1 Å². The topological polar surface area (TPSA) is 12.0 Å². The highest BCUT2D eigenvalue weighted by atomic mass is 19.1. The Labute approximate surface area is 94.5 Å². The van der Waals surface area contributed by atoms with Crippen molar-refractivity contribution in [3.63, 3.8) is 0 Å². The normalized spacial score (nSPS) is 12.0. The highest BCUT2D eigenvalue weighted by Gasteiger charge is 2.02. The molecule has 0 saturated heterocycles. The van der Waals surface area contributed by atoms with Crippen LogP contribution >= 0.6 is 0 Å². The average molecular weight is 223 g/mol. The van der Waals surface area contributed by atoms with Gasteiger partial charge in [-0.05, 0) is 31.0 Å². The first-order chi connectivity index (χ1) is 7.54. The van der Waals surface area contributed by atoms with Crippen LogP contribution in [0, 0.1) is 5.82 Å². The van der Waals surface area contributed by atoms with Crippen LogP contribution in [0.15, 0.2) is 42.4 Å². The minimum Gasteiger partial charge on any atom is -0.357 e. The van der Waals surface area contributed by atoms with E-state index in [-0.39, 0.29) is 11.6 Å². The van der Waals surface area contributed by atoms with Gasteiger partial charge in [0.15, 0.2) is 0 Å². The number of benzene rings is 1. The third-order valence-corrected chi connectivity index (χ3v) is 2.25. The molecule has 0 fully saturated rings. The lowest BCUT2D eigenvalue weighted by molar-refractivity contribution is 0.584. The molecule has 0 saturated carbocycles. The lowest BCUT2D eigenvalue weighted by atomic mass is 10.1. The van der Waals surface area contributed by atoms with E-state index in [1.54, 1.807) is 26.0 Å². The fraction of sp³-hybridized carbons (Fsp3) is 0.231. The first-order valence-electron chi connectivity index (χ1n) is 5.11. The molecule has 1 N–H and O–H groups in total. The molecule has 1 aromatic rings. The molecule has 0 aliphatic heterocycles. The minimum absolute atomic E-state index is 0.205. The summed E-state index contributed by atoms with van der Waals surface area (Å²) in [7, 11) is 0. The van der Waals surface area contributed by atoms with Crippen molar-refractivity contribution < 1.29 is 8.78 Å². The number of allylic oxidation sites excluding steroid dienone is 2. The van der Waals surface area contributed by atoms with Gasteiger partial charge in [0.2, 0.25) is 0 Å². The number of hydrogen-bond donors (Lipinski definition) is 1. The Morgan fingerprint density at radius 2 is 1.88 bits per heavy atom. The molecule has 0 radical (unpaired) electrons. The van der Waals surface area contributed by atoms with Crippen molar-refractivity contribution in [2.45, 2.75) is 20.3 Å². The van der Waals surface area contributed by atoms with Crippen LogP contribution in [0.2, 0.25) is 0 Å². The number of nitrogens with one attached hydrogen (secondary N) is 1. The van der Waals surface area contributed by atoms with E-state index in [9.17, 15) is 8.78 Å². The molecule has 0 aromatic heterocycles. The maximum absolute atomic E-state index is 13.2. The molecule has 0 spiro atoms. The highest BCUT2D eigenvalue weighted by molar-refractivity contribution is 5.63. The molecular weight excluding hydrogens is 208 g/mol. The van der Waals surface area contributed by atoms with E-state index >= 15 is 0 Å². The van der Waals surface area contributed by atoms with Gasteiger partial charge in [0, 0.05) is 11.4 Å². The number of hydrogen-bond acceptors (Lipinski definition) is 1. The van der Waals surface area contributed by atoms with Crippen LogP contribution in [0.4, 0.5) is 8.78 Å². The Bertz CT molecular complexity index is 404. The summed E-state index contributed by atoms with van der Waals surface area (Å²) >= 11 is 0. The van der Waals surface area contributed by atoms with Gasteiger partial charge in [-0.3, -0.25) is 0 Å². The summed E-state index contributed by atoms with van der Waals surface area (Å²) < 4.78 is 25.9. The van der Waals surface area contributed by atoms with Crippen molar-refractivity contribution in [1.29, 1.82) is 0 Å². The van der Waals surface area contributed by atoms with Crippen LogP contribution < -0.4 is 5.32 Å². The SMILES string of the molecule is C=C(N/C(C)=C(\F)CC)c1ccc(F)cc1. The van der Waals surface area contributed by atoms with Crippen molar-refractivity contribution in [2.24, 2.45) is 0 Å². The monoisotopic (exact) mass is 223 g/mol. The summed E-state index contributed by atoms with van der Waals surface area (Å²) in [5.74, 6) is -0.508. The first-order valence-corrected chi connectivity index (χ1v) is 5.11. The second-order valence-electron chi connectivity index (χ2n) is 3.49. The van der Waals surface area contributed by atoms with Crippen LogP contribution in [0.5, 0.6) is 0 Å². The Hall–Kier alpha value is -1.64. The van der Waals surface area contributed by atoms with Gasteiger partial charge in [0.25, 0.3) is 0 Å². The van der Waals surface area contributed by atoms with Crippen LogP contribution in [0.1, 0.15) is 25.8 Å². The Balaban J connectivity index is 2.77. The molecule has 0 aliphatic carbocycles. The lowest BCUT2D eigenvalue weighted by Crippen LogP contribution is -2.09. The zero-order chi connectivity index (χ0) is 12.1. The van der Waals surface area contributed by atoms with E-state index in [0.29, 0.717) is 17.8 Å². The summed E-state index contributed by atoms with van der Waals surface area (Å²) in [6, 6.07) is 5.89. The quantitative estimate of drug-likeness (QED) is 0.813. The van der Waals surface area contributed by atoms with Crippen molar-refractivity contribution in [3.05, 3.63) is 53.7 Å². The van der Waals surface area contributed by atoms with E-state index in [2.05, 4.69) is 11.9 Å². The molecular formula is C13H15F2N. The van der Waals surface area contributed by atoms with Gasteiger partial charge in [0.1, 0.15) is 11.6 Å². The zero-order valence-corrected chi connectivity index (χ0v) is 9.48. The summed E-state index contributed by atoms with van der Waals surface area (Å²) in [6.45, 7) is 7.16. The fourth-order valence-corrected chi connectivity index (χ4v) is 1.28. The highest BCUT2D eigenvalue weighted by Crippen LogP contribution is 2.14. The molecule has 0 unspecified atom stereocenters. The number of halogens is 2. The van der Waals surface area contributed by atoms with Gasteiger partial charge in [-0.1, -0.05) is 25.6 Å². The summed E-state index contributed by atoms with van der Waals surface area (Å²) in [5, 5.41) is 2.85. The summed E-state index contributed by atoms with van der Waals surface area (Å²) in [5.41, 5.74) is 1.74. The van der Waals surface area contributed by atoms with Gasteiger partial charge in [-0.15, -0.1) is 0 Å². The predicted octanol–water partition coefficient (Wildman–Crippen LogP) is 4.00. The molecule has 1 nitrogen and oxygen atoms in total. The van der Waals surface area contributed by atoms with Crippen molar-refractivity contribution in [3.8, 4) is 0 Å². The second kappa shape index (κ2) is 5.45. The first kappa shape index (κ1) is 12.4. The third kappa shape index (κ3) is 3.19. The third-order valence-electron chi connectivity index (χ3n) is 2.25. The maximum atomic E-state index is 13.2. The van der Waals surface area contributed by atoms with Gasteiger partial charge in [-0.2, -0.15) is 0 Å². The van der Waals surface area contributed by atoms with Crippen molar-refractivity contribution >= 4 is 5.70 Å². The zero-order valence-electron chi connectivity index (χ0n) is 9.48. The Morgan fingerprint density at radius 1 is 1.31 bits per heavy atom. The van der Waals surface area contributed by atoms with Gasteiger partial charge < -0.3 is 5.32 Å². The fourth-order valence-electron chi connectivity index (χ4n) is 1.28. The van der Waals surface area contributed by atoms with Gasteiger partial charge >= 0.3 is 0 Å². The van der Waals surface area contributed by atoms with E-state index in [0.717, 1.165) is 5.56 Å². The van der Waals surface area contributed by atoms with Crippen LogP contribution in [-0.4, -0.2) is 0 Å². The molecule has 86 valence electrons. The smallest absolute Gasteiger partial charge is 0.123 e. The number of rotatable bonds is 4. The minimum atomic E-state index is -0.302. The molecule has 16 heavy (non-hydrogen) atoms. The largest absolute Gasteiger partial charge is 0.357 e. The van der Waals surface area contributed by atoms with Crippen molar-refractivity contribution in [2.75, 3.05) is 0 Å². The molecule has 0 amide bonds. The summed E-state index contributed by atoms with van der Waals surface area (Å²) in [6.07, 6.45) is 0.343. The predicted molar refractivity (Wildman–Crippen MR) is 62.7 cm³/mol. The van der Waals surface area contributed by atoms with E-state index < -0.39 is 0 Å². The second-order valence-corrected chi connectivity index (χ2v) is 3.49. The molecule has 1 aromatic carbocycles. The Kier molecular flexibility index (Phi) is 4.23.